The van der Waals surface area contributed by atoms with Gasteiger partial charge in [0.25, 0.3) is 0 Å². The number of fused-ring (bicyclic) bond motifs is 1. The van der Waals surface area contributed by atoms with Crippen molar-refractivity contribution in [2.75, 3.05) is 13.1 Å². The molecule has 0 saturated carbocycles. The predicted molar refractivity (Wildman–Crippen MR) is 82.6 cm³/mol. The lowest BCUT2D eigenvalue weighted by Gasteiger charge is -2.07. The lowest BCUT2D eigenvalue weighted by Crippen LogP contribution is -2.27. The molecular formula is C16H20N4O. The van der Waals surface area contributed by atoms with Crippen LogP contribution in [0.1, 0.15) is 18.9 Å². The van der Waals surface area contributed by atoms with E-state index in [1.807, 2.05) is 29.0 Å². The van der Waals surface area contributed by atoms with Crippen molar-refractivity contribution in [3.8, 4) is 6.07 Å². The van der Waals surface area contributed by atoms with E-state index in [0.717, 1.165) is 30.4 Å². The Kier molecular flexibility index (Phi) is 5.35. The van der Waals surface area contributed by atoms with E-state index in [9.17, 15) is 4.79 Å². The molecule has 1 heterocycles. The topological polar surface area (TPSA) is 69.8 Å². The lowest BCUT2D eigenvalue weighted by molar-refractivity contribution is -0.121. The molecule has 0 atom stereocenters. The van der Waals surface area contributed by atoms with Gasteiger partial charge in [-0.25, -0.2) is 0 Å². The highest BCUT2D eigenvalue weighted by molar-refractivity contribution is 5.83. The number of carbonyl (C=O) groups is 1. The summed E-state index contributed by atoms with van der Waals surface area (Å²) < 4.78 is 1.89. The van der Waals surface area contributed by atoms with E-state index in [2.05, 4.69) is 29.7 Å². The van der Waals surface area contributed by atoms with Crippen LogP contribution in [0, 0.1) is 11.3 Å². The number of nitriles is 1. The average Bonchev–Trinajstić information content (AvgIpc) is 2.88. The van der Waals surface area contributed by atoms with E-state index < -0.39 is 0 Å². The first-order valence-electron chi connectivity index (χ1n) is 7.16. The molecule has 21 heavy (non-hydrogen) atoms. The van der Waals surface area contributed by atoms with E-state index >= 15 is 0 Å². The molecule has 2 aromatic rings. The lowest BCUT2D eigenvalue weighted by atomic mass is 10.1. The Morgan fingerprint density at radius 1 is 1.38 bits per heavy atom. The maximum atomic E-state index is 11.7. The zero-order chi connectivity index (χ0) is 15.1. The monoisotopic (exact) mass is 284 g/mol. The number of carbonyl (C=O) groups excluding carboxylic acids is 1. The normalized spacial score (nSPS) is 10.5. The largest absolute Gasteiger partial charge is 0.341 e. The first-order valence-corrected chi connectivity index (χ1v) is 7.16. The number of amides is 1. The molecule has 0 bridgehead atoms. The molecule has 1 aromatic heterocycles. The average molecular weight is 284 g/mol. The Balaban J connectivity index is 2.06. The van der Waals surface area contributed by atoms with Gasteiger partial charge in [-0.2, -0.15) is 5.26 Å². The number of benzene rings is 1. The Bertz CT molecular complexity index is 654. The summed E-state index contributed by atoms with van der Waals surface area (Å²) in [5.74, 6) is -0.150. The molecular weight excluding hydrogens is 264 g/mol. The van der Waals surface area contributed by atoms with Gasteiger partial charge in [0.15, 0.2) is 0 Å². The van der Waals surface area contributed by atoms with Crippen LogP contribution in [-0.2, 0) is 17.9 Å². The van der Waals surface area contributed by atoms with Crippen molar-refractivity contribution in [2.24, 2.45) is 0 Å². The summed E-state index contributed by atoms with van der Waals surface area (Å²) in [4.78, 5) is 11.7. The Morgan fingerprint density at radius 2 is 2.24 bits per heavy atom. The highest BCUT2D eigenvalue weighted by Crippen LogP contribution is 2.17. The second-order valence-corrected chi connectivity index (χ2v) is 4.95. The van der Waals surface area contributed by atoms with Crippen molar-refractivity contribution >= 4 is 16.8 Å². The van der Waals surface area contributed by atoms with Crippen molar-refractivity contribution in [3.05, 3.63) is 36.0 Å². The molecule has 0 aliphatic rings. The molecule has 0 radical (unpaired) electrons. The minimum atomic E-state index is -0.150. The first-order chi connectivity index (χ1) is 10.2. The van der Waals surface area contributed by atoms with Crippen LogP contribution in [0.5, 0.6) is 0 Å². The van der Waals surface area contributed by atoms with Crippen LogP contribution in [0.15, 0.2) is 30.5 Å². The molecule has 5 heteroatoms. The maximum absolute atomic E-state index is 11.7. The molecule has 0 aliphatic heterocycles. The molecule has 2 N–H and O–H groups in total. The minimum Gasteiger partial charge on any atom is -0.341 e. The van der Waals surface area contributed by atoms with Crippen molar-refractivity contribution in [2.45, 2.75) is 26.4 Å². The molecule has 0 fully saturated rings. The van der Waals surface area contributed by atoms with E-state index in [1.54, 1.807) is 0 Å². The zero-order valence-corrected chi connectivity index (χ0v) is 12.2. The predicted octanol–water partition coefficient (Wildman–Crippen LogP) is 1.78. The summed E-state index contributed by atoms with van der Waals surface area (Å²) in [6.45, 7) is 4.30. The van der Waals surface area contributed by atoms with Gasteiger partial charge in [-0.1, -0.05) is 13.0 Å². The SMILES string of the molecule is CCCNCc1ccc2c(ccn2CC(=O)NCC#N)c1. The number of nitrogens with zero attached hydrogens (tertiary/aromatic N) is 2. The second kappa shape index (κ2) is 7.46. The number of nitrogens with one attached hydrogen (secondary N) is 2. The molecule has 5 nitrogen and oxygen atoms in total. The maximum Gasteiger partial charge on any atom is 0.240 e. The van der Waals surface area contributed by atoms with E-state index in [1.165, 1.54) is 5.56 Å². The van der Waals surface area contributed by atoms with Crippen LogP contribution in [0.4, 0.5) is 0 Å². The standard InChI is InChI=1S/C16H20N4O/c1-2-7-18-11-13-3-4-15-14(10-13)5-9-20(15)12-16(21)19-8-6-17/h3-5,9-10,18H,2,7-8,11-12H2,1H3,(H,19,21). The van der Waals surface area contributed by atoms with Crippen molar-refractivity contribution in [1.29, 1.82) is 5.26 Å². The van der Waals surface area contributed by atoms with Crippen LogP contribution in [0.3, 0.4) is 0 Å². The summed E-state index contributed by atoms with van der Waals surface area (Å²) in [6, 6.07) is 10.2. The van der Waals surface area contributed by atoms with Gasteiger partial charge in [0.05, 0.1) is 6.07 Å². The summed E-state index contributed by atoms with van der Waals surface area (Å²) in [5, 5.41) is 15.5. The quantitative estimate of drug-likeness (QED) is 0.601. The number of hydrogen-bond acceptors (Lipinski definition) is 3. The van der Waals surface area contributed by atoms with E-state index in [-0.39, 0.29) is 19.0 Å². The Morgan fingerprint density at radius 3 is 3.00 bits per heavy atom. The summed E-state index contributed by atoms with van der Waals surface area (Å²) >= 11 is 0. The minimum absolute atomic E-state index is 0.0469. The van der Waals surface area contributed by atoms with Crippen molar-refractivity contribution in [3.63, 3.8) is 0 Å². The highest BCUT2D eigenvalue weighted by Gasteiger charge is 2.06. The fourth-order valence-corrected chi connectivity index (χ4v) is 2.26. The van der Waals surface area contributed by atoms with Gasteiger partial charge in [-0.15, -0.1) is 0 Å². The van der Waals surface area contributed by atoms with Gasteiger partial charge >= 0.3 is 0 Å². The summed E-state index contributed by atoms with van der Waals surface area (Å²) in [7, 11) is 0. The number of hydrogen-bond donors (Lipinski definition) is 2. The zero-order valence-electron chi connectivity index (χ0n) is 12.2. The van der Waals surface area contributed by atoms with Gasteiger partial charge < -0.3 is 15.2 Å². The highest BCUT2D eigenvalue weighted by atomic mass is 16.1. The van der Waals surface area contributed by atoms with Crippen LogP contribution < -0.4 is 10.6 Å². The van der Waals surface area contributed by atoms with E-state index in [0.29, 0.717) is 0 Å². The molecule has 0 aliphatic carbocycles. The molecule has 0 saturated heterocycles. The molecule has 110 valence electrons. The van der Waals surface area contributed by atoms with Gasteiger partial charge in [0.2, 0.25) is 5.91 Å². The van der Waals surface area contributed by atoms with Gasteiger partial charge in [-0.05, 0) is 42.1 Å². The molecule has 2 rings (SSSR count). The molecule has 0 spiro atoms. The third-order valence-electron chi connectivity index (χ3n) is 3.27. The van der Waals surface area contributed by atoms with Crippen molar-refractivity contribution in [1.82, 2.24) is 15.2 Å². The number of aromatic nitrogens is 1. The fraction of sp³-hybridized carbons (Fsp3) is 0.375. The van der Waals surface area contributed by atoms with Crippen LogP contribution in [-0.4, -0.2) is 23.6 Å². The third kappa shape index (κ3) is 4.07. The first kappa shape index (κ1) is 15.1. The summed E-state index contributed by atoms with van der Waals surface area (Å²) in [6.07, 6.45) is 3.02. The van der Waals surface area contributed by atoms with Crippen molar-refractivity contribution < 1.29 is 4.79 Å². The van der Waals surface area contributed by atoms with Gasteiger partial charge in [0.1, 0.15) is 13.1 Å². The van der Waals surface area contributed by atoms with Crippen LogP contribution in [0.25, 0.3) is 10.9 Å². The smallest absolute Gasteiger partial charge is 0.240 e. The fourth-order valence-electron chi connectivity index (χ4n) is 2.26. The molecule has 1 aromatic carbocycles. The Labute approximate surface area is 124 Å². The third-order valence-corrected chi connectivity index (χ3v) is 3.27. The molecule has 0 unspecified atom stereocenters. The van der Waals surface area contributed by atoms with E-state index in [4.69, 9.17) is 5.26 Å². The summed E-state index contributed by atoms with van der Waals surface area (Å²) in [5.41, 5.74) is 2.27. The van der Waals surface area contributed by atoms with Gasteiger partial charge in [0, 0.05) is 18.3 Å². The number of rotatable bonds is 7. The van der Waals surface area contributed by atoms with Gasteiger partial charge in [-0.3, -0.25) is 4.79 Å². The molecule has 1 amide bonds. The second-order valence-electron chi connectivity index (χ2n) is 4.95. The van der Waals surface area contributed by atoms with Crippen LogP contribution in [0.2, 0.25) is 0 Å². The van der Waals surface area contributed by atoms with Crippen LogP contribution >= 0.6 is 0 Å². The Hall–Kier alpha value is -2.32.